The van der Waals surface area contributed by atoms with Crippen molar-refractivity contribution >= 4 is 12.0 Å². The molecule has 6 nitrogen and oxygen atoms in total. The fourth-order valence-electron chi connectivity index (χ4n) is 1.42. The summed E-state index contributed by atoms with van der Waals surface area (Å²) in [5.41, 5.74) is -0.736. The minimum atomic E-state index is -0.623. The molecule has 0 radical (unpaired) electrons. The molecule has 0 aliphatic rings. The average Bonchev–Trinajstić information content (AvgIpc) is 2.75. The maximum atomic E-state index is 11.8. The molecule has 0 atom stereocenters. The van der Waals surface area contributed by atoms with Gasteiger partial charge in [-0.05, 0) is 40.7 Å². The number of hydrogen-bond acceptors (Lipinski definition) is 4. The molecule has 0 fully saturated rings. The Labute approximate surface area is 118 Å². The van der Waals surface area contributed by atoms with Gasteiger partial charge in [-0.15, -0.1) is 0 Å². The first-order chi connectivity index (χ1) is 9.09. The Bertz CT molecular complexity index is 458. The summed E-state index contributed by atoms with van der Waals surface area (Å²) in [6.45, 7) is 9.25. The van der Waals surface area contributed by atoms with Crippen LogP contribution in [0.5, 0.6) is 0 Å². The molecule has 0 bridgehead atoms. The highest BCUT2D eigenvalue weighted by molar-refractivity contribution is 5.93. The molecule has 112 valence electrons. The van der Waals surface area contributed by atoms with E-state index in [1.54, 1.807) is 40.7 Å². The molecular weight excluding hydrogens is 260 g/mol. The largest absolute Gasteiger partial charge is 0.472 e. The van der Waals surface area contributed by atoms with Crippen LogP contribution in [-0.2, 0) is 4.74 Å². The molecule has 0 saturated carbocycles. The van der Waals surface area contributed by atoms with Gasteiger partial charge in [-0.25, -0.2) is 4.79 Å². The van der Waals surface area contributed by atoms with Crippen molar-refractivity contribution in [3.63, 3.8) is 0 Å². The minimum Gasteiger partial charge on any atom is -0.472 e. The highest BCUT2D eigenvalue weighted by Crippen LogP contribution is 2.09. The predicted octanol–water partition coefficient (Wildman–Crippen LogP) is 2.31. The first-order valence-electron chi connectivity index (χ1n) is 6.41. The van der Waals surface area contributed by atoms with Crippen LogP contribution in [0.15, 0.2) is 23.0 Å². The number of hydrogen-bond donors (Lipinski definition) is 2. The lowest BCUT2D eigenvalue weighted by atomic mass is 10.1. The Morgan fingerprint density at radius 3 is 2.40 bits per heavy atom. The number of furan rings is 1. The highest BCUT2D eigenvalue weighted by atomic mass is 16.6. The molecule has 2 amide bonds. The van der Waals surface area contributed by atoms with E-state index in [0.717, 1.165) is 0 Å². The predicted molar refractivity (Wildman–Crippen MR) is 74.5 cm³/mol. The van der Waals surface area contributed by atoms with Crippen LogP contribution in [0.4, 0.5) is 4.79 Å². The van der Waals surface area contributed by atoms with Crippen molar-refractivity contribution in [3.8, 4) is 0 Å². The lowest BCUT2D eigenvalue weighted by molar-refractivity contribution is 0.0469. The molecule has 1 aromatic rings. The number of amides is 2. The third-order valence-electron chi connectivity index (χ3n) is 2.31. The minimum absolute atomic E-state index is 0.252. The van der Waals surface area contributed by atoms with Crippen molar-refractivity contribution in [2.24, 2.45) is 0 Å². The molecular formula is C14H22N2O4. The Hall–Kier alpha value is -1.98. The van der Waals surface area contributed by atoms with E-state index >= 15 is 0 Å². The van der Waals surface area contributed by atoms with Gasteiger partial charge in [0.1, 0.15) is 11.9 Å². The quantitative estimate of drug-likeness (QED) is 0.888. The fourth-order valence-corrected chi connectivity index (χ4v) is 1.42. The standard InChI is InChI=1S/C14H22N2O4/c1-13(2,3)20-12(18)16-14(4,5)9-15-11(17)10-6-7-19-8-10/h6-8H,9H2,1-5H3,(H,15,17)(H,16,18). The number of nitrogens with one attached hydrogen (secondary N) is 2. The molecule has 20 heavy (non-hydrogen) atoms. The summed E-state index contributed by atoms with van der Waals surface area (Å²) in [6, 6.07) is 1.57. The van der Waals surface area contributed by atoms with Gasteiger partial charge in [-0.1, -0.05) is 0 Å². The van der Waals surface area contributed by atoms with Crippen LogP contribution in [0.1, 0.15) is 45.0 Å². The van der Waals surface area contributed by atoms with E-state index in [1.165, 1.54) is 12.5 Å². The lowest BCUT2D eigenvalue weighted by Gasteiger charge is -2.28. The summed E-state index contributed by atoms with van der Waals surface area (Å²) in [5, 5.41) is 5.44. The Balaban J connectivity index is 2.45. The molecule has 0 aromatic carbocycles. The highest BCUT2D eigenvalue weighted by Gasteiger charge is 2.25. The van der Waals surface area contributed by atoms with Crippen LogP contribution in [0.25, 0.3) is 0 Å². The summed E-state index contributed by atoms with van der Waals surface area (Å²) in [7, 11) is 0. The average molecular weight is 282 g/mol. The molecule has 0 unspecified atom stereocenters. The second kappa shape index (κ2) is 5.98. The number of carbonyl (C=O) groups excluding carboxylic acids is 2. The third kappa shape index (κ3) is 5.77. The van der Waals surface area contributed by atoms with Gasteiger partial charge in [0.15, 0.2) is 0 Å². The lowest BCUT2D eigenvalue weighted by Crippen LogP contribution is -2.52. The molecule has 0 saturated heterocycles. The van der Waals surface area contributed by atoms with Crippen molar-refractivity contribution in [3.05, 3.63) is 24.2 Å². The second-order valence-electron chi connectivity index (χ2n) is 6.21. The normalized spacial score (nSPS) is 11.8. The van der Waals surface area contributed by atoms with E-state index in [1.807, 2.05) is 0 Å². The first kappa shape index (κ1) is 16.1. The van der Waals surface area contributed by atoms with Crippen molar-refractivity contribution < 1.29 is 18.7 Å². The van der Waals surface area contributed by atoms with Crippen LogP contribution in [0, 0.1) is 0 Å². The van der Waals surface area contributed by atoms with Crippen LogP contribution in [-0.4, -0.2) is 29.7 Å². The number of carbonyl (C=O) groups is 2. The van der Waals surface area contributed by atoms with E-state index < -0.39 is 17.2 Å². The zero-order valence-electron chi connectivity index (χ0n) is 12.6. The zero-order valence-corrected chi connectivity index (χ0v) is 12.6. The summed E-state index contributed by atoms with van der Waals surface area (Å²) in [5.74, 6) is -0.252. The number of alkyl carbamates (subject to hydrolysis) is 1. The maximum absolute atomic E-state index is 11.8. The van der Waals surface area contributed by atoms with Crippen molar-refractivity contribution in [1.82, 2.24) is 10.6 Å². The molecule has 1 heterocycles. The van der Waals surface area contributed by atoms with Crippen LogP contribution in [0.2, 0.25) is 0 Å². The van der Waals surface area contributed by atoms with Gasteiger partial charge in [0.25, 0.3) is 5.91 Å². The molecule has 0 spiro atoms. The van der Waals surface area contributed by atoms with Gasteiger partial charge in [-0.2, -0.15) is 0 Å². The Morgan fingerprint density at radius 1 is 1.25 bits per heavy atom. The van der Waals surface area contributed by atoms with Crippen molar-refractivity contribution in [1.29, 1.82) is 0 Å². The molecule has 6 heteroatoms. The topological polar surface area (TPSA) is 80.6 Å². The van der Waals surface area contributed by atoms with Gasteiger partial charge in [0, 0.05) is 6.54 Å². The molecule has 0 aliphatic heterocycles. The molecule has 1 aromatic heterocycles. The van der Waals surface area contributed by atoms with Crippen molar-refractivity contribution in [2.75, 3.05) is 6.54 Å². The third-order valence-corrected chi connectivity index (χ3v) is 2.31. The summed E-state index contributed by atoms with van der Waals surface area (Å²) >= 11 is 0. The molecule has 1 rings (SSSR count). The number of ether oxygens (including phenoxy) is 1. The molecule has 2 N–H and O–H groups in total. The summed E-state index contributed by atoms with van der Waals surface area (Å²) < 4.78 is 10.0. The Morgan fingerprint density at radius 2 is 1.90 bits per heavy atom. The second-order valence-corrected chi connectivity index (χ2v) is 6.21. The van der Waals surface area contributed by atoms with Crippen molar-refractivity contribution in [2.45, 2.75) is 45.8 Å². The van der Waals surface area contributed by atoms with Crippen LogP contribution < -0.4 is 10.6 Å². The summed E-state index contributed by atoms with van der Waals surface area (Å²) in [4.78, 5) is 23.4. The van der Waals surface area contributed by atoms with Crippen LogP contribution >= 0.6 is 0 Å². The zero-order chi connectivity index (χ0) is 15.4. The maximum Gasteiger partial charge on any atom is 0.408 e. The number of rotatable bonds is 4. The Kier molecular flexibility index (Phi) is 4.81. The van der Waals surface area contributed by atoms with Crippen LogP contribution in [0.3, 0.4) is 0 Å². The summed E-state index contributed by atoms with van der Waals surface area (Å²) in [6.07, 6.45) is 2.28. The molecule has 0 aliphatic carbocycles. The van der Waals surface area contributed by atoms with E-state index in [9.17, 15) is 9.59 Å². The monoisotopic (exact) mass is 282 g/mol. The van der Waals surface area contributed by atoms with Gasteiger partial charge >= 0.3 is 6.09 Å². The smallest absolute Gasteiger partial charge is 0.408 e. The van der Waals surface area contributed by atoms with Gasteiger partial charge in [-0.3, -0.25) is 4.79 Å². The van der Waals surface area contributed by atoms with Gasteiger partial charge in [0.05, 0.1) is 17.4 Å². The SMILES string of the molecule is CC(C)(CNC(=O)c1ccoc1)NC(=O)OC(C)(C)C. The van der Waals surface area contributed by atoms with E-state index in [4.69, 9.17) is 9.15 Å². The van der Waals surface area contributed by atoms with Gasteiger partial charge in [0.2, 0.25) is 0 Å². The van der Waals surface area contributed by atoms with Gasteiger partial charge < -0.3 is 19.8 Å². The first-order valence-corrected chi connectivity index (χ1v) is 6.41. The van der Waals surface area contributed by atoms with E-state index in [-0.39, 0.29) is 12.5 Å². The van der Waals surface area contributed by atoms with E-state index in [0.29, 0.717) is 5.56 Å². The fraction of sp³-hybridized carbons (Fsp3) is 0.571. The van der Waals surface area contributed by atoms with E-state index in [2.05, 4.69) is 10.6 Å².